The molecule has 0 aromatic rings. The van der Waals surface area contributed by atoms with Crippen LogP contribution in [0.3, 0.4) is 0 Å². The van der Waals surface area contributed by atoms with Gasteiger partial charge in [-0.2, -0.15) is 4.99 Å². The third-order valence-electron chi connectivity index (χ3n) is 1.85. The Morgan fingerprint density at radius 2 is 2.40 bits per heavy atom. The Morgan fingerprint density at radius 3 is 2.80 bits per heavy atom. The van der Waals surface area contributed by atoms with Gasteiger partial charge in [-0.15, -0.1) is 0 Å². The van der Waals surface area contributed by atoms with E-state index in [0.29, 0.717) is 6.42 Å². The second-order valence-corrected chi connectivity index (χ2v) is 3.27. The van der Waals surface area contributed by atoms with Crippen molar-refractivity contribution in [3.05, 3.63) is 0 Å². The summed E-state index contributed by atoms with van der Waals surface area (Å²) in [5.74, 6) is -0.130. The molecule has 1 fully saturated rings. The number of thiocarbonyl (C=S) groups is 1. The van der Waals surface area contributed by atoms with Crippen LogP contribution >= 0.6 is 12.2 Å². The van der Waals surface area contributed by atoms with Crippen molar-refractivity contribution in [2.45, 2.75) is 26.2 Å². The normalized spacial score (nSPS) is 19.3. The number of hydrogen-bond donors (Lipinski definition) is 0. The van der Waals surface area contributed by atoms with Crippen LogP contribution in [0.2, 0.25) is 0 Å². The first kappa shape index (κ1) is 7.58. The molecule has 0 radical (unpaired) electrons. The second kappa shape index (κ2) is 2.60. The fourth-order valence-electron chi connectivity index (χ4n) is 0.846. The van der Waals surface area contributed by atoms with Crippen molar-refractivity contribution in [2.24, 2.45) is 10.4 Å². The summed E-state index contributed by atoms with van der Waals surface area (Å²) < 4.78 is 0. The Bertz CT molecular complexity index is 202. The van der Waals surface area contributed by atoms with E-state index >= 15 is 0 Å². The first-order valence-corrected chi connectivity index (χ1v) is 3.68. The minimum Gasteiger partial charge on any atom is -0.272 e. The van der Waals surface area contributed by atoms with Crippen molar-refractivity contribution >= 4 is 23.3 Å². The van der Waals surface area contributed by atoms with Crippen LogP contribution < -0.4 is 0 Å². The maximum atomic E-state index is 10.8. The standard InChI is InChI=1S/C7H9NOS/c1-7(2-3-7)4-6(9)8-5-10/h2-4H2,1H3. The number of nitrogens with zero attached hydrogens (tertiary/aromatic N) is 1. The van der Waals surface area contributed by atoms with Gasteiger partial charge in [0.25, 0.3) is 5.91 Å². The molecule has 0 aromatic carbocycles. The monoisotopic (exact) mass is 155 g/mol. The molecule has 0 atom stereocenters. The fourth-order valence-corrected chi connectivity index (χ4v) is 0.948. The number of carbonyl (C=O) groups excluding carboxylic acids is 1. The topological polar surface area (TPSA) is 29.4 Å². The van der Waals surface area contributed by atoms with Crippen LogP contribution in [0, 0.1) is 5.41 Å². The third kappa shape index (κ3) is 2.01. The van der Waals surface area contributed by atoms with Crippen LogP contribution in [0.5, 0.6) is 0 Å². The van der Waals surface area contributed by atoms with Gasteiger partial charge in [0.15, 0.2) is 0 Å². The van der Waals surface area contributed by atoms with Crippen LogP contribution in [-0.2, 0) is 4.79 Å². The van der Waals surface area contributed by atoms with Gasteiger partial charge in [-0.1, -0.05) is 6.92 Å². The molecule has 2 nitrogen and oxygen atoms in total. The lowest BCUT2D eigenvalue weighted by Crippen LogP contribution is -2.01. The first-order valence-electron chi connectivity index (χ1n) is 3.27. The minimum absolute atomic E-state index is 0.130. The third-order valence-corrected chi connectivity index (χ3v) is 1.94. The van der Waals surface area contributed by atoms with Crippen LogP contribution in [0.1, 0.15) is 26.2 Å². The molecule has 1 saturated carbocycles. The summed E-state index contributed by atoms with van der Waals surface area (Å²) in [7, 11) is 0. The van der Waals surface area contributed by atoms with E-state index in [2.05, 4.69) is 29.3 Å². The maximum absolute atomic E-state index is 10.8. The highest BCUT2D eigenvalue weighted by Crippen LogP contribution is 2.48. The van der Waals surface area contributed by atoms with Crippen LogP contribution in [0.15, 0.2) is 4.99 Å². The lowest BCUT2D eigenvalue weighted by atomic mass is 10.1. The summed E-state index contributed by atoms with van der Waals surface area (Å²) >= 11 is 4.30. The molecule has 0 N–H and O–H groups in total. The smallest absolute Gasteiger partial charge is 0.255 e. The fraction of sp³-hybridized carbons (Fsp3) is 0.714. The highest BCUT2D eigenvalue weighted by molar-refractivity contribution is 7.78. The van der Waals surface area contributed by atoms with Crippen LogP contribution in [0.4, 0.5) is 0 Å². The molecular weight excluding hydrogens is 146 g/mol. The van der Waals surface area contributed by atoms with E-state index in [9.17, 15) is 4.79 Å². The summed E-state index contributed by atoms with van der Waals surface area (Å²) in [6.45, 7) is 2.09. The molecule has 0 saturated heterocycles. The van der Waals surface area contributed by atoms with E-state index in [0.717, 1.165) is 12.8 Å². The summed E-state index contributed by atoms with van der Waals surface area (Å²) in [6.07, 6.45) is 2.83. The van der Waals surface area contributed by atoms with Gasteiger partial charge >= 0.3 is 0 Å². The SMILES string of the molecule is CC1(CC(=O)N=C=S)CC1. The van der Waals surface area contributed by atoms with Crippen molar-refractivity contribution in [1.82, 2.24) is 0 Å². The molecule has 0 spiro atoms. The van der Waals surface area contributed by atoms with Gasteiger partial charge < -0.3 is 0 Å². The average Bonchev–Trinajstić information content (AvgIpc) is 2.48. The number of rotatable bonds is 2. The van der Waals surface area contributed by atoms with Gasteiger partial charge in [0.1, 0.15) is 0 Å². The van der Waals surface area contributed by atoms with Crippen LogP contribution in [-0.4, -0.2) is 11.1 Å². The highest BCUT2D eigenvalue weighted by atomic mass is 32.1. The number of hydrogen-bond acceptors (Lipinski definition) is 2. The van der Waals surface area contributed by atoms with E-state index < -0.39 is 0 Å². The van der Waals surface area contributed by atoms with Crippen molar-refractivity contribution in [3.63, 3.8) is 0 Å². The zero-order valence-corrected chi connectivity index (χ0v) is 6.70. The molecule has 54 valence electrons. The van der Waals surface area contributed by atoms with Gasteiger partial charge in [-0.25, -0.2) is 0 Å². The van der Waals surface area contributed by atoms with E-state index in [1.54, 1.807) is 0 Å². The Kier molecular flexibility index (Phi) is 1.97. The molecule has 0 heterocycles. The van der Waals surface area contributed by atoms with E-state index in [1.807, 2.05) is 0 Å². The summed E-state index contributed by atoms with van der Waals surface area (Å²) in [4.78, 5) is 14.2. The van der Waals surface area contributed by atoms with E-state index in [1.165, 1.54) is 0 Å². The van der Waals surface area contributed by atoms with Gasteiger partial charge in [0, 0.05) is 6.42 Å². The number of aliphatic imine (C=N–C) groups is 1. The lowest BCUT2D eigenvalue weighted by molar-refractivity contribution is -0.118. The first-order chi connectivity index (χ1) is 4.66. The number of carbonyl (C=O) groups is 1. The summed E-state index contributed by atoms with van der Waals surface area (Å²) in [5.41, 5.74) is 0.243. The molecule has 0 bridgehead atoms. The minimum atomic E-state index is -0.130. The Balaban J connectivity index is 2.38. The largest absolute Gasteiger partial charge is 0.272 e. The molecule has 3 heteroatoms. The second-order valence-electron chi connectivity index (χ2n) is 3.08. The molecule has 0 unspecified atom stereocenters. The average molecular weight is 155 g/mol. The van der Waals surface area contributed by atoms with E-state index in [4.69, 9.17) is 0 Å². The molecule has 1 aliphatic rings. The maximum Gasteiger partial charge on any atom is 0.255 e. The van der Waals surface area contributed by atoms with Crippen molar-refractivity contribution in [1.29, 1.82) is 0 Å². The highest BCUT2D eigenvalue weighted by Gasteiger charge is 2.38. The van der Waals surface area contributed by atoms with Crippen LogP contribution in [0.25, 0.3) is 0 Å². The molecule has 10 heavy (non-hydrogen) atoms. The molecule has 1 aliphatic carbocycles. The zero-order valence-electron chi connectivity index (χ0n) is 5.89. The zero-order chi connectivity index (χ0) is 7.61. The number of isothiocyanates is 1. The van der Waals surface area contributed by atoms with Gasteiger partial charge in [-0.05, 0) is 30.5 Å². The molecule has 1 amide bonds. The summed E-state index contributed by atoms with van der Waals surface area (Å²) in [6, 6.07) is 0. The summed E-state index contributed by atoms with van der Waals surface area (Å²) in [5, 5.41) is 2.08. The predicted molar refractivity (Wildman–Crippen MR) is 42.0 cm³/mol. The lowest BCUT2D eigenvalue weighted by Gasteiger charge is -2.00. The van der Waals surface area contributed by atoms with Gasteiger partial charge in [-0.3, -0.25) is 4.79 Å². The van der Waals surface area contributed by atoms with E-state index in [-0.39, 0.29) is 11.3 Å². The van der Waals surface area contributed by atoms with Gasteiger partial charge in [0.05, 0.1) is 5.16 Å². The quantitative estimate of drug-likeness (QED) is 0.449. The van der Waals surface area contributed by atoms with Crippen molar-refractivity contribution < 1.29 is 4.79 Å². The predicted octanol–water partition coefficient (Wildman–Crippen LogP) is 1.81. The Morgan fingerprint density at radius 1 is 1.80 bits per heavy atom. The molecule has 1 rings (SSSR count). The molecule has 0 aliphatic heterocycles. The molecule has 0 aromatic heterocycles. The molecular formula is C7H9NOS. The number of amides is 1. The Hall–Kier alpha value is -0.530. The van der Waals surface area contributed by atoms with Crippen molar-refractivity contribution in [2.75, 3.05) is 0 Å². The Labute approximate surface area is 65.3 Å². The van der Waals surface area contributed by atoms with Crippen molar-refractivity contribution in [3.8, 4) is 0 Å². The van der Waals surface area contributed by atoms with Gasteiger partial charge in [0.2, 0.25) is 0 Å².